The molecule has 0 aliphatic rings. The number of ether oxygens (including phenoxy) is 1. The molecule has 2 aromatic carbocycles. The van der Waals surface area contributed by atoms with Gasteiger partial charge in [0.25, 0.3) is 0 Å². The number of amides is 2. The van der Waals surface area contributed by atoms with Gasteiger partial charge in [-0.2, -0.15) is 0 Å². The van der Waals surface area contributed by atoms with Gasteiger partial charge in [0.05, 0.1) is 12.7 Å². The van der Waals surface area contributed by atoms with Gasteiger partial charge in [-0.1, -0.05) is 6.07 Å². The van der Waals surface area contributed by atoms with E-state index < -0.39 is 29.0 Å². The lowest BCUT2D eigenvalue weighted by Gasteiger charge is -2.23. The Morgan fingerprint density at radius 3 is 2.08 bits per heavy atom. The molecule has 0 atom stereocenters. The van der Waals surface area contributed by atoms with E-state index in [2.05, 4.69) is 15.4 Å². The minimum atomic E-state index is -1.41. The maximum atomic E-state index is 12.9. The van der Waals surface area contributed by atoms with Crippen LogP contribution in [0.3, 0.4) is 0 Å². The predicted molar refractivity (Wildman–Crippen MR) is 95.2 cm³/mol. The van der Waals surface area contributed by atoms with Crippen molar-refractivity contribution in [3.05, 3.63) is 59.9 Å². The Kier molecular flexibility index (Phi) is 5.71. The number of carbonyl (C=O) groups excluding carboxylic acids is 3. The zero-order chi connectivity index (χ0) is 19.3. The highest BCUT2D eigenvalue weighted by atomic mass is 19.1. The van der Waals surface area contributed by atoms with Crippen molar-refractivity contribution in [2.24, 2.45) is 5.41 Å². The van der Waals surface area contributed by atoms with E-state index in [0.717, 1.165) is 0 Å². The van der Waals surface area contributed by atoms with Crippen LogP contribution in [0, 0.1) is 11.2 Å². The highest BCUT2D eigenvalue weighted by Crippen LogP contribution is 2.22. The number of anilines is 2. The third kappa shape index (κ3) is 4.44. The molecule has 0 saturated carbocycles. The maximum Gasteiger partial charge on any atom is 0.337 e. The molecule has 0 bridgehead atoms. The lowest BCUT2D eigenvalue weighted by Crippen LogP contribution is -2.41. The fraction of sp³-hybridized carbons (Fsp3) is 0.211. The summed E-state index contributed by atoms with van der Waals surface area (Å²) in [5.74, 6) is -2.07. The van der Waals surface area contributed by atoms with Crippen LogP contribution in [0.1, 0.15) is 24.2 Å². The third-order valence-electron chi connectivity index (χ3n) is 3.78. The van der Waals surface area contributed by atoms with Gasteiger partial charge in [0.15, 0.2) is 0 Å². The van der Waals surface area contributed by atoms with Crippen molar-refractivity contribution in [1.29, 1.82) is 0 Å². The van der Waals surface area contributed by atoms with Gasteiger partial charge in [0, 0.05) is 11.4 Å². The van der Waals surface area contributed by atoms with Crippen molar-refractivity contribution in [3.63, 3.8) is 0 Å². The normalized spacial score (nSPS) is 10.8. The Bertz CT molecular complexity index is 832. The molecular weight excluding hydrogens is 339 g/mol. The van der Waals surface area contributed by atoms with E-state index in [0.29, 0.717) is 11.4 Å². The van der Waals surface area contributed by atoms with E-state index in [1.165, 1.54) is 51.3 Å². The van der Waals surface area contributed by atoms with E-state index in [9.17, 15) is 18.8 Å². The first-order valence-corrected chi connectivity index (χ1v) is 7.81. The van der Waals surface area contributed by atoms with E-state index in [4.69, 9.17) is 0 Å². The van der Waals surface area contributed by atoms with Crippen molar-refractivity contribution in [2.45, 2.75) is 13.8 Å². The fourth-order valence-corrected chi connectivity index (χ4v) is 2.05. The van der Waals surface area contributed by atoms with Gasteiger partial charge in [-0.05, 0) is 56.3 Å². The monoisotopic (exact) mass is 358 g/mol. The summed E-state index contributed by atoms with van der Waals surface area (Å²) in [7, 11) is 1.26. The number of hydrogen-bond acceptors (Lipinski definition) is 4. The van der Waals surface area contributed by atoms with Crippen LogP contribution in [0.4, 0.5) is 15.8 Å². The van der Waals surface area contributed by atoms with Crippen LogP contribution in [-0.2, 0) is 14.3 Å². The molecule has 136 valence electrons. The largest absolute Gasteiger partial charge is 0.465 e. The first kappa shape index (κ1) is 19.1. The molecule has 2 N–H and O–H groups in total. The second kappa shape index (κ2) is 7.77. The van der Waals surface area contributed by atoms with Gasteiger partial charge in [-0.3, -0.25) is 9.59 Å². The average molecular weight is 358 g/mol. The molecular formula is C19H19FN2O4. The molecule has 0 radical (unpaired) electrons. The summed E-state index contributed by atoms with van der Waals surface area (Å²) in [6, 6.07) is 11.4. The van der Waals surface area contributed by atoms with E-state index >= 15 is 0 Å². The standard InChI is InChI=1S/C19H19FN2O4/c1-19(2,17(24)21-14-9-7-13(20)8-10-14)18(25)22-15-6-4-5-12(11-15)16(23)26-3/h4-11H,1-3H3,(H,21,24)(H,22,25). The Balaban J connectivity index is 2.10. The van der Waals surface area contributed by atoms with E-state index in [-0.39, 0.29) is 5.56 Å². The SMILES string of the molecule is COC(=O)c1cccc(NC(=O)C(C)(C)C(=O)Nc2ccc(F)cc2)c1. The number of methoxy groups -OCH3 is 1. The van der Waals surface area contributed by atoms with Crippen molar-refractivity contribution in [1.82, 2.24) is 0 Å². The molecule has 0 aliphatic carbocycles. The summed E-state index contributed by atoms with van der Waals surface area (Å²) in [6.45, 7) is 2.93. The van der Waals surface area contributed by atoms with Crippen molar-refractivity contribution >= 4 is 29.2 Å². The van der Waals surface area contributed by atoms with Crippen LogP contribution >= 0.6 is 0 Å². The van der Waals surface area contributed by atoms with Gasteiger partial charge >= 0.3 is 5.97 Å². The first-order chi connectivity index (χ1) is 12.2. The van der Waals surface area contributed by atoms with Gasteiger partial charge in [-0.15, -0.1) is 0 Å². The molecule has 0 aromatic heterocycles. The highest BCUT2D eigenvalue weighted by Gasteiger charge is 2.36. The van der Waals surface area contributed by atoms with Gasteiger partial charge in [-0.25, -0.2) is 9.18 Å². The molecule has 0 unspecified atom stereocenters. The molecule has 0 aliphatic heterocycles. The molecule has 26 heavy (non-hydrogen) atoms. The second-order valence-electron chi connectivity index (χ2n) is 6.11. The van der Waals surface area contributed by atoms with Crippen LogP contribution in [0.25, 0.3) is 0 Å². The topological polar surface area (TPSA) is 84.5 Å². The second-order valence-corrected chi connectivity index (χ2v) is 6.11. The summed E-state index contributed by atoms with van der Waals surface area (Å²) in [4.78, 5) is 36.5. The number of nitrogens with one attached hydrogen (secondary N) is 2. The van der Waals surface area contributed by atoms with Crippen molar-refractivity contribution in [2.75, 3.05) is 17.7 Å². The van der Waals surface area contributed by atoms with Crippen LogP contribution in [0.5, 0.6) is 0 Å². The van der Waals surface area contributed by atoms with Crippen LogP contribution < -0.4 is 10.6 Å². The molecule has 2 aromatic rings. The third-order valence-corrected chi connectivity index (χ3v) is 3.78. The van der Waals surface area contributed by atoms with Crippen LogP contribution in [0.15, 0.2) is 48.5 Å². The molecule has 2 amide bonds. The molecule has 0 heterocycles. The molecule has 0 spiro atoms. The summed E-state index contributed by atoms with van der Waals surface area (Å²) < 4.78 is 17.6. The molecule has 2 rings (SSSR count). The first-order valence-electron chi connectivity index (χ1n) is 7.81. The zero-order valence-electron chi connectivity index (χ0n) is 14.6. The fourth-order valence-electron chi connectivity index (χ4n) is 2.05. The number of carbonyl (C=O) groups is 3. The van der Waals surface area contributed by atoms with Gasteiger partial charge in [0.2, 0.25) is 11.8 Å². The van der Waals surface area contributed by atoms with Crippen LogP contribution in [0.2, 0.25) is 0 Å². The number of esters is 1. The van der Waals surface area contributed by atoms with Gasteiger partial charge in [0.1, 0.15) is 11.2 Å². The highest BCUT2D eigenvalue weighted by molar-refractivity contribution is 6.14. The van der Waals surface area contributed by atoms with Crippen molar-refractivity contribution < 1.29 is 23.5 Å². The van der Waals surface area contributed by atoms with Crippen molar-refractivity contribution in [3.8, 4) is 0 Å². The summed E-state index contributed by atoms with van der Waals surface area (Å²) >= 11 is 0. The predicted octanol–water partition coefficient (Wildman–Crippen LogP) is 3.22. The molecule has 0 saturated heterocycles. The summed E-state index contributed by atoms with van der Waals surface area (Å²) in [5.41, 5.74) is -0.389. The Morgan fingerprint density at radius 1 is 0.923 bits per heavy atom. The zero-order valence-corrected chi connectivity index (χ0v) is 14.6. The lowest BCUT2D eigenvalue weighted by atomic mass is 9.90. The average Bonchev–Trinajstić information content (AvgIpc) is 2.63. The van der Waals surface area contributed by atoms with Gasteiger partial charge < -0.3 is 15.4 Å². The molecule has 0 fully saturated rings. The maximum absolute atomic E-state index is 12.9. The Hall–Kier alpha value is -3.22. The lowest BCUT2D eigenvalue weighted by molar-refractivity contribution is -0.135. The quantitative estimate of drug-likeness (QED) is 0.635. The number of benzene rings is 2. The minimum Gasteiger partial charge on any atom is -0.465 e. The Morgan fingerprint density at radius 2 is 1.50 bits per heavy atom. The summed E-state index contributed by atoms with van der Waals surface area (Å²) in [5, 5.41) is 5.18. The summed E-state index contributed by atoms with van der Waals surface area (Å²) in [6.07, 6.45) is 0. The smallest absolute Gasteiger partial charge is 0.337 e. The Labute approximate surface area is 150 Å². The molecule has 6 nitrogen and oxygen atoms in total. The number of rotatable bonds is 5. The molecule has 7 heteroatoms. The van der Waals surface area contributed by atoms with Crippen LogP contribution in [-0.4, -0.2) is 24.9 Å². The van der Waals surface area contributed by atoms with E-state index in [1.54, 1.807) is 18.2 Å². The van der Waals surface area contributed by atoms with E-state index in [1.807, 2.05) is 0 Å². The number of halogens is 1. The number of hydrogen-bond donors (Lipinski definition) is 2. The minimum absolute atomic E-state index is 0.277.